The molecular weight excluding hydrogens is 306 g/mol. The van der Waals surface area contributed by atoms with Crippen molar-refractivity contribution in [1.29, 1.82) is 0 Å². The molecule has 2 rings (SSSR count). The monoisotopic (exact) mass is 321 g/mol. The highest BCUT2D eigenvalue weighted by atomic mass is 79.9. The maximum absolute atomic E-state index is 5.62. The summed E-state index contributed by atoms with van der Waals surface area (Å²) in [5.74, 6) is 1.23. The molecule has 0 amide bonds. The van der Waals surface area contributed by atoms with Crippen LogP contribution in [0.2, 0.25) is 0 Å². The summed E-state index contributed by atoms with van der Waals surface area (Å²) in [6.45, 7) is 5.04. The van der Waals surface area contributed by atoms with Crippen LogP contribution in [0, 0.1) is 0 Å². The van der Waals surface area contributed by atoms with Gasteiger partial charge in [-0.3, -0.25) is 4.98 Å². The van der Waals surface area contributed by atoms with Gasteiger partial charge >= 0.3 is 0 Å². The lowest BCUT2D eigenvalue weighted by Gasteiger charge is -2.08. The second-order valence-corrected chi connectivity index (χ2v) is 5.40. The predicted octanol–water partition coefficient (Wildman–Crippen LogP) is 3.53. The summed E-state index contributed by atoms with van der Waals surface area (Å²) in [5.41, 5.74) is 1.13. The Bertz CT molecular complexity index is 528. The van der Waals surface area contributed by atoms with Crippen LogP contribution in [0.15, 0.2) is 41.3 Å². The zero-order chi connectivity index (χ0) is 13.7. The van der Waals surface area contributed by atoms with Crippen LogP contribution in [0.3, 0.4) is 0 Å². The fourth-order valence-corrected chi connectivity index (χ4v) is 1.81. The highest BCUT2D eigenvalue weighted by molar-refractivity contribution is 9.10. The quantitative estimate of drug-likeness (QED) is 0.915. The van der Waals surface area contributed by atoms with E-state index in [1.165, 1.54) is 0 Å². The van der Waals surface area contributed by atoms with Gasteiger partial charge < -0.3 is 10.1 Å². The molecule has 2 aromatic heterocycles. The Morgan fingerprint density at radius 3 is 2.74 bits per heavy atom. The number of nitrogens with one attached hydrogen (secondary N) is 1. The van der Waals surface area contributed by atoms with E-state index in [9.17, 15) is 0 Å². The largest absolute Gasteiger partial charge is 0.437 e. The van der Waals surface area contributed by atoms with Gasteiger partial charge in [0.05, 0.1) is 6.20 Å². The maximum atomic E-state index is 5.62. The molecule has 2 aromatic rings. The summed E-state index contributed by atoms with van der Waals surface area (Å²) in [7, 11) is 0. The second kappa shape index (κ2) is 6.63. The molecule has 19 heavy (non-hydrogen) atoms. The minimum absolute atomic E-state index is 0.462. The Hall–Kier alpha value is -1.46. The molecule has 0 aromatic carbocycles. The van der Waals surface area contributed by atoms with Crippen molar-refractivity contribution in [3.05, 3.63) is 46.8 Å². The van der Waals surface area contributed by atoms with Gasteiger partial charge in [-0.1, -0.05) is 19.9 Å². The fourth-order valence-electron chi connectivity index (χ4n) is 1.47. The number of hydrogen-bond donors (Lipinski definition) is 1. The molecule has 0 unspecified atom stereocenters. The Morgan fingerprint density at radius 1 is 1.26 bits per heavy atom. The molecule has 0 radical (unpaired) electrons. The maximum Gasteiger partial charge on any atom is 0.219 e. The molecule has 1 N–H and O–H groups in total. The van der Waals surface area contributed by atoms with E-state index in [1.54, 1.807) is 12.4 Å². The summed E-state index contributed by atoms with van der Waals surface area (Å²) >= 11 is 3.35. The molecule has 0 saturated heterocycles. The average Bonchev–Trinajstić information content (AvgIpc) is 2.38. The Balaban J connectivity index is 1.98. The van der Waals surface area contributed by atoms with Crippen LogP contribution in [0.4, 0.5) is 0 Å². The van der Waals surface area contributed by atoms with Crippen LogP contribution < -0.4 is 10.1 Å². The SMILES string of the molecule is CC(C)NCc1ccc(Oc2cncc(Br)c2)nc1. The van der Waals surface area contributed by atoms with E-state index in [-0.39, 0.29) is 0 Å². The summed E-state index contributed by atoms with van der Waals surface area (Å²) in [4.78, 5) is 8.31. The summed E-state index contributed by atoms with van der Waals surface area (Å²) in [6, 6.07) is 6.17. The van der Waals surface area contributed by atoms with Gasteiger partial charge in [-0.2, -0.15) is 0 Å². The van der Waals surface area contributed by atoms with Crippen LogP contribution in [0.1, 0.15) is 19.4 Å². The first-order valence-electron chi connectivity index (χ1n) is 6.10. The number of ether oxygens (including phenoxy) is 1. The molecule has 0 fully saturated rings. The molecule has 4 nitrogen and oxygen atoms in total. The first-order valence-corrected chi connectivity index (χ1v) is 6.89. The number of hydrogen-bond acceptors (Lipinski definition) is 4. The van der Waals surface area contributed by atoms with Crippen LogP contribution >= 0.6 is 15.9 Å². The van der Waals surface area contributed by atoms with Gasteiger partial charge in [0.2, 0.25) is 5.88 Å². The van der Waals surface area contributed by atoms with Crippen molar-refractivity contribution >= 4 is 15.9 Å². The Labute approximate surface area is 121 Å². The molecule has 0 aliphatic carbocycles. The molecule has 0 bridgehead atoms. The van der Waals surface area contributed by atoms with Crippen molar-refractivity contribution in [2.75, 3.05) is 0 Å². The molecule has 0 spiro atoms. The topological polar surface area (TPSA) is 47.0 Å². The van der Waals surface area contributed by atoms with E-state index in [0.717, 1.165) is 16.6 Å². The standard InChI is InChI=1S/C14H16BrN3O/c1-10(2)17-6-11-3-4-14(18-7-11)19-13-5-12(15)8-16-9-13/h3-5,7-10,17H,6H2,1-2H3. The lowest BCUT2D eigenvalue weighted by Crippen LogP contribution is -2.21. The number of rotatable bonds is 5. The minimum Gasteiger partial charge on any atom is -0.437 e. The Kier molecular flexibility index (Phi) is 4.87. The van der Waals surface area contributed by atoms with Gasteiger partial charge in [-0.25, -0.2) is 4.98 Å². The number of pyridine rings is 2. The van der Waals surface area contributed by atoms with Crippen LogP contribution in [-0.4, -0.2) is 16.0 Å². The smallest absolute Gasteiger partial charge is 0.219 e. The zero-order valence-electron chi connectivity index (χ0n) is 10.9. The van der Waals surface area contributed by atoms with E-state index < -0.39 is 0 Å². The van der Waals surface area contributed by atoms with Crippen molar-refractivity contribution in [2.45, 2.75) is 26.4 Å². The third-order valence-corrected chi connectivity index (χ3v) is 2.85. The molecule has 5 heteroatoms. The van der Waals surface area contributed by atoms with Gasteiger partial charge in [0, 0.05) is 35.5 Å². The van der Waals surface area contributed by atoms with Crippen LogP contribution in [0.25, 0.3) is 0 Å². The summed E-state index contributed by atoms with van der Waals surface area (Å²) in [6.07, 6.45) is 5.18. The van der Waals surface area contributed by atoms with Gasteiger partial charge in [-0.15, -0.1) is 0 Å². The Morgan fingerprint density at radius 2 is 2.11 bits per heavy atom. The molecule has 2 heterocycles. The van der Waals surface area contributed by atoms with Crippen molar-refractivity contribution in [2.24, 2.45) is 0 Å². The van der Waals surface area contributed by atoms with Crippen LogP contribution in [-0.2, 0) is 6.54 Å². The molecule has 0 aliphatic rings. The lowest BCUT2D eigenvalue weighted by atomic mass is 10.2. The first-order chi connectivity index (χ1) is 9.13. The highest BCUT2D eigenvalue weighted by Crippen LogP contribution is 2.21. The van der Waals surface area contributed by atoms with E-state index >= 15 is 0 Å². The van der Waals surface area contributed by atoms with Gasteiger partial charge in [0.1, 0.15) is 5.75 Å². The summed E-state index contributed by atoms with van der Waals surface area (Å²) in [5, 5.41) is 3.34. The highest BCUT2D eigenvalue weighted by Gasteiger charge is 2.01. The van der Waals surface area contributed by atoms with E-state index in [2.05, 4.69) is 45.1 Å². The molecular formula is C14H16BrN3O. The molecule has 100 valence electrons. The van der Waals surface area contributed by atoms with E-state index in [4.69, 9.17) is 4.74 Å². The van der Waals surface area contributed by atoms with E-state index in [0.29, 0.717) is 17.7 Å². The second-order valence-electron chi connectivity index (χ2n) is 4.48. The third kappa shape index (κ3) is 4.61. The number of halogens is 1. The normalized spacial score (nSPS) is 10.7. The van der Waals surface area contributed by atoms with Crippen molar-refractivity contribution in [3.8, 4) is 11.6 Å². The van der Waals surface area contributed by atoms with Gasteiger partial charge in [0.15, 0.2) is 0 Å². The van der Waals surface area contributed by atoms with Gasteiger partial charge in [0.25, 0.3) is 0 Å². The van der Waals surface area contributed by atoms with Gasteiger partial charge in [-0.05, 0) is 27.6 Å². The molecule has 0 aliphatic heterocycles. The first kappa shape index (κ1) is 14.0. The van der Waals surface area contributed by atoms with Crippen molar-refractivity contribution in [3.63, 3.8) is 0 Å². The summed E-state index contributed by atoms with van der Waals surface area (Å²) < 4.78 is 6.49. The molecule has 0 saturated carbocycles. The number of aromatic nitrogens is 2. The average molecular weight is 322 g/mol. The predicted molar refractivity (Wildman–Crippen MR) is 78.2 cm³/mol. The molecule has 0 atom stereocenters. The van der Waals surface area contributed by atoms with Crippen molar-refractivity contribution < 1.29 is 4.74 Å². The lowest BCUT2D eigenvalue weighted by molar-refractivity contribution is 0.459. The fraction of sp³-hybridized carbons (Fsp3) is 0.286. The minimum atomic E-state index is 0.462. The number of nitrogens with zero attached hydrogens (tertiary/aromatic N) is 2. The van der Waals surface area contributed by atoms with Crippen LogP contribution in [0.5, 0.6) is 11.6 Å². The van der Waals surface area contributed by atoms with Crippen molar-refractivity contribution in [1.82, 2.24) is 15.3 Å². The zero-order valence-corrected chi connectivity index (χ0v) is 12.5. The third-order valence-electron chi connectivity index (χ3n) is 2.41. The van der Waals surface area contributed by atoms with E-state index in [1.807, 2.05) is 24.4 Å².